The molecule has 22 heavy (non-hydrogen) atoms. The number of benzene rings is 2. The topological polar surface area (TPSA) is 82.8 Å². The molecule has 3 aromatic rings. The number of anilines is 1. The standard InChI is InChI=1S/C15H11N3O2S2/c1-10-17-14-7-4-12(8-15(14)21-10)18-22(19,20)13-5-2-11(9-16)3-6-13/h2-8,18H,1H3. The number of nitrogens with one attached hydrogen (secondary N) is 1. The summed E-state index contributed by atoms with van der Waals surface area (Å²) in [5.74, 6) is 0. The first kappa shape index (κ1) is 14.5. The van der Waals surface area contributed by atoms with Gasteiger partial charge in [0.2, 0.25) is 0 Å². The third kappa shape index (κ3) is 2.79. The molecule has 5 nitrogen and oxygen atoms in total. The van der Waals surface area contributed by atoms with Crippen molar-refractivity contribution in [1.29, 1.82) is 5.26 Å². The maximum absolute atomic E-state index is 12.3. The molecule has 0 aliphatic carbocycles. The van der Waals surface area contributed by atoms with Crippen LogP contribution in [0.25, 0.3) is 10.2 Å². The Kier molecular flexibility index (Phi) is 3.56. The van der Waals surface area contributed by atoms with Crippen molar-refractivity contribution in [3.8, 4) is 6.07 Å². The molecule has 0 radical (unpaired) electrons. The van der Waals surface area contributed by atoms with E-state index >= 15 is 0 Å². The van der Waals surface area contributed by atoms with Crippen LogP contribution in [-0.4, -0.2) is 13.4 Å². The summed E-state index contributed by atoms with van der Waals surface area (Å²) in [6, 6.07) is 13.0. The van der Waals surface area contributed by atoms with Crippen molar-refractivity contribution in [1.82, 2.24) is 4.98 Å². The van der Waals surface area contributed by atoms with Gasteiger partial charge in [0.1, 0.15) is 0 Å². The lowest BCUT2D eigenvalue weighted by atomic mass is 10.2. The average molecular weight is 329 g/mol. The highest BCUT2D eigenvalue weighted by molar-refractivity contribution is 7.92. The molecule has 0 saturated carbocycles. The fourth-order valence-corrected chi connectivity index (χ4v) is 3.94. The predicted molar refractivity (Wildman–Crippen MR) is 86.3 cm³/mol. The molecule has 1 aromatic heterocycles. The molecule has 0 fully saturated rings. The van der Waals surface area contributed by atoms with Crippen LogP contribution in [-0.2, 0) is 10.0 Å². The van der Waals surface area contributed by atoms with Gasteiger partial charge in [0, 0.05) is 0 Å². The van der Waals surface area contributed by atoms with Gasteiger partial charge in [-0.3, -0.25) is 4.72 Å². The Bertz CT molecular complexity index is 984. The van der Waals surface area contributed by atoms with E-state index in [-0.39, 0.29) is 4.90 Å². The van der Waals surface area contributed by atoms with Crippen molar-refractivity contribution in [2.75, 3.05) is 4.72 Å². The molecule has 3 rings (SSSR count). The Morgan fingerprint density at radius 1 is 1.18 bits per heavy atom. The summed E-state index contributed by atoms with van der Waals surface area (Å²) in [5, 5.41) is 9.68. The molecule has 0 aliphatic rings. The number of hydrogen-bond acceptors (Lipinski definition) is 5. The Balaban J connectivity index is 1.93. The lowest BCUT2D eigenvalue weighted by Gasteiger charge is -2.08. The van der Waals surface area contributed by atoms with E-state index < -0.39 is 10.0 Å². The summed E-state index contributed by atoms with van der Waals surface area (Å²) in [6.07, 6.45) is 0. The van der Waals surface area contributed by atoms with Gasteiger partial charge < -0.3 is 0 Å². The zero-order valence-corrected chi connectivity index (χ0v) is 13.2. The Hall–Kier alpha value is -2.43. The summed E-state index contributed by atoms with van der Waals surface area (Å²) in [4.78, 5) is 4.46. The van der Waals surface area contributed by atoms with Crippen LogP contribution in [0.4, 0.5) is 5.69 Å². The molecular weight excluding hydrogens is 318 g/mol. The van der Waals surface area contributed by atoms with Crippen LogP contribution >= 0.6 is 11.3 Å². The van der Waals surface area contributed by atoms with E-state index in [2.05, 4.69) is 9.71 Å². The molecule has 110 valence electrons. The Morgan fingerprint density at radius 2 is 1.91 bits per heavy atom. The number of thiazole rings is 1. The van der Waals surface area contributed by atoms with Crippen molar-refractivity contribution in [2.45, 2.75) is 11.8 Å². The SMILES string of the molecule is Cc1nc2ccc(NS(=O)(=O)c3ccc(C#N)cc3)cc2s1. The van der Waals surface area contributed by atoms with E-state index in [0.29, 0.717) is 11.3 Å². The van der Waals surface area contributed by atoms with Gasteiger partial charge in [-0.2, -0.15) is 5.26 Å². The molecule has 0 saturated heterocycles. The number of fused-ring (bicyclic) bond motifs is 1. The van der Waals surface area contributed by atoms with Gasteiger partial charge in [-0.05, 0) is 49.4 Å². The smallest absolute Gasteiger partial charge is 0.261 e. The van der Waals surface area contributed by atoms with Crippen LogP contribution in [0.1, 0.15) is 10.6 Å². The van der Waals surface area contributed by atoms with Crippen molar-refractivity contribution in [3.05, 3.63) is 53.0 Å². The summed E-state index contributed by atoms with van der Waals surface area (Å²) in [5.41, 5.74) is 1.75. The fourth-order valence-electron chi connectivity index (χ4n) is 2.03. The fraction of sp³-hybridized carbons (Fsp3) is 0.0667. The molecule has 1 heterocycles. The molecule has 0 spiro atoms. The van der Waals surface area contributed by atoms with E-state index in [1.54, 1.807) is 18.2 Å². The zero-order valence-electron chi connectivity index (χ0n) is 11.6. The Labute approximate surface area is 131 Å². The van der Waals surface area contributed by atoms with E-state index in [1.165, 1.54) is 35.6 Å². The maximum atomic E-state index is 12.3. The molecule has 0 atom stereocenters. The quantitative estimate of drug-likeness (QED) is 0.799. The van der Waals surface area contributed by atoms with Gasteiger partial charge in [0.15, 0.2) is 0 Å². The van der Waals surface area contributed by atoms with E-state index in [0.717, 1.165) is 15.2 Å². The van der Waals surface area contributed by atoms with Gasteiger partial charge in [-0.15, -0.1) is 11.3 Å². The van der Waals surface area contributed by atoms with E-state index in [4.69, 9.17) is 5.26 Å². The average Bonchev–Trinajstić information content (AvgIpc) is 2.86. The van der Waals surface area contributed by atoms with Crippen molar-refractivity contribution in [3.63, 3.8) is 0 Å². The van der Waals surface area contributed by atoms with Crippen LogP contribution in [0, 0.1) is 18.3 Å². The van der Waals surface area contributed by atoms with Gasteiger partial charge in [0.05, 0.1) is 37.4 Å². The largest absolute Gasteiger partial charge is 0.280 e. The van der Waals surface area contributed by atoms with E-state index in [9.17, 15) is 8.42 Å². The van der Waals surface area contributed by atoms with Crippen LogP contribution in [0.2, 0.25) is 0 Å². The molecule has 0 aliphatic heterocycles. The second-order valence-electron chi connectivity index (χ2n) is 4.66. The minimum atomic E-state index is -3.68. The second kappa shape index (κ2) is 5.40. The highest BCUT2D eigenvalue weighted by Gasteiger charge is 2.14. The molecule has 0 amide bonds. The number of aromatic nitrogens is 1. The number of rotatable bonds is 3. The number of sulfonamides is 1. The van der Waals surface area contributed by atoms with Gasteiger partial charge in [-0.1, -0.05) is 0 Å². The summed E-state index contributed by atoms with van der Waals surface area (Å²) >= 11 is 1.51. The maximum Gasteiger partial charge on any atom is 0.261 e. The number of aryl methyl sites for hydroxylation is 1. The monoisotopic (exact) mass is 329 g/mol. The summed E-state index contributed by atoms with van der Waals surface area (Å²) in [6.45, 7) is 1.91. The van der Waals surface area contributed by atoms with Crippen molar-refractivity contribution < 1.29 is 8.42 Å². The van der Waals surface area contributed by atoms with Crippen molar-refractivity contribution in [2.24, 2.45) is 0 Å². The first-order valence-corrected chi connectivity index (χ1v) is 8.68. The number of nitriles is 1. The first-order valence-electron chi connectivity index (χ1n) is 6.38. The third-order valence-corrected chi connectivity index (χ3v) is 5.37. The molecular formula is C15H11N3O2S2. The third-order valence-electron chi connectivity index (χ3n) is 3.04. The van der Waals surface area contributed by atoms with Crippen LogP contribution in [0.5, 0.6) is 0 Å². The number of hydrogen-bond donors (Lipinski definition) is 1. The Morgan fingerprint density at radius 3 is 2.59 bits per heavy atom. The van der Waals surface area contributed by atoms with Gasteiger partial charge >= 0.3 is 0 Å². The minimum absolute atomic E-state index is 0.118. The number of nitrogens with zero attached hydrogens (tertiary/aromatic N) is 2. The van der Waals surface area contributed by atoms with Crippen LogP contribution in [0.3, 0.4) is 0 Å². The van der Waals surface area contributed by atoms with Crippen LogP contribution in [0.15, 0.2) is 47.4 Å². The van der Waals surface area contributed by atoms with Crippen LogP contribution < -0.4 is 4.72 Å². The summed E-state index contributed by atoms with van der Waals surface area (Å²) in [7, 11) is -3.68. The normalized spacial score (nSPS) is 11.3. The molecule has 7 heteroatoms. The first-order chi connectivity index (χ1) is 10.5. The molecule has 0 unspecified atom stereocenters. The highest BCUT2D eigenvalue weighted by Crippen LogP contribution is 2.26. The predicted octanol–water partition coefficient (Wildman–Crippen LogP) is 3.28. The lowest BCUT2D eigenvalue weighted by molar-refractivity contribution is 0.601. The zero-order chi connectivity index (χ0) is 15.7. The lowest BCUT2D eigenvalue weighted by Crippen LogP contribution is -2.12. The van der Waals surface area contributed by atoms with Gasteiger partial charge in [-0.25, -0.2) is 13.4 Å². The minimum Gasteiger partial charge on any atom is -0.280 e. The molecule has 2 aromatic carbocycles. The molecule has 1 N–H and O–H groups in total. The summed E-state index contributed by atoms with van der Waals surface area (Å²) < 4.78 is 28.1. The highest BCUT2D eigenvalue weighted by atomic mass is 32.2. The second-order valence-corrected chi connectivity index (χ2v) is 7.57. The van der Waals surface area contributed by atoms with Crippen molar-refractivity contribution >= 4 is 37.3 Å². The van der Waals surface area contributed by atoms with E-state index in [1.807, 2.05) is 13.0 Å². The molecule has 0 bridgehead atoms. The van der Waals surface area contributed by atoms with Gasteiger partial charge in [0.25, 0.3) is 10.0 Å².